The highest BCUT2D eigenvalue weighted by atomic mass is 19.4. The maximum atomic E-state index is 12.9. The van der Waals surface area contributed by atoms with Crippen molar-refractivity contribution >= 4 is 5.57 Å². The Balaban J connectivity index is 1.73. The van der Waals surface area contributed by atoms with Crippen LogP contribution in [-0.4, -0.2) is 22.4 Å². The first kappa shape index (κ1) is 19.0. The van der Waals surface area contributed by atoms with Gasteiger partial charge in [0.2, 0.25) is 0 Å². The molecule has 1 aliphatic heterocycles. The van der Waals surface area contributed by atoms with Gasteiger partial charge in [0.05, 0.1) is 5.56 Å². The molecule has 0 amide bonds. The molecule has 1 aliphatic carbocycles. The molecule has 0 radical (unpaired) electrons. The van der Waals surface area contributed by atoms with Crippen LogP contribution in [0.15, 0.2) is 47.3 Å². The Morgan fingerprint density at radius 2 is 1.75 bits per heavy atom. The molecule has 1 unspecified atom stereocenters. The van der Waals surface area contributed by atoms with Crippen molar-refractivity contribution in [3.05, 3.63) is 75.2 Å². The molecule has 4 nitrogen and oxygen atoms in total. The van der Waals surface area contributed by atoms with Gasteiger partial charge in [0, 0.05) is 22.9 Å². The minimum atomic E-state index is -4.40. The largest absolute Gasteiger partial charge is 0.416 e. The maximum Gasteiger partial charge on any atom is 0.416 e. The molecule has 1 saturated carbocycles. The summed E-state index contributed by atoms with van der Waals surface area (Å²) in [7, 11) is 0. The predicted octanol–water partition coefficient (Wildman–Crippen LogP) is 3.77. The number of H-pyrrole nitrogens is 1. The Morgan fingerprint density at radius 3 is 2.29 bits per heavy atom. The number of aliphatic hydroxyl groups excluding tert-OH is 1. The number of aromatic amines is 1. The molecule has 2 aliphatic rings. The molecule has 2 fully saturated rings. The lowest BCUT2D eigenvalue weighted by Gasteiger charge is -2.14. The Bertz CT molecular complexity index is 943. The Morgan fingerprint density at radius 1 is 1.04 bits per heavy atom. The van der Waals surface area contributed by atoms with E-state index in [1.54, 1.807) is 6.07 Å². The van der Waals surface area contributed by atoms with Gasteiger partial charge in [0.25, 0.3) is 5.56 Å². The number of hydrogen-bond donors (Lipinski definition) is 3. The van der Waals surface area contributed by atoms with Crippen molar-refractivity contribution in [2.45, 2.75) is 50.0 Å². The summed E-state index contributed by atoms with van der Waals surface area (Å²) in [6, 6.07) is 8.39. The van der Waals surface area contributed by atoms with Crippen LogP contribution in [0.3, 0.4) is 0 Å². The number of benzene rings is 1. The summed E-state index contributed by atoms with van der Waals surface area (Å²) in [4.78, 5) is 15.3. The van der Waals surface area contributed by atoms with Crippen LogP contribution in [0.4, 0.5) is 13.2 Å². The van der Waals surface area contributed by atoms with Crippen molar-refractivity contribution in [1.82, 2.24) is 10.3 Å². The molecule has 1 aromatic carbocycles. The van der Waals surface area contributed by atoms with E-state index in [4.69, 9.17) is 0 Å². The number of aromatic nitrogens is 1. The van der Waals surface area contributed by atoms with Crippen molar-refractivity contribution in [3.8, 4) is 0 Å². The highest BCUT2D eigenvalue weighted by Gasteiger charge is 2.30. The highest BCUT2D eigenvalue weighted by molar-refractivity contribution is 5.78. The second kappa shape index (κ2) is 7.22. The standard InChI is InChI=1S/C21H21F3N2O2/c22-21(23,24)14-5-3-13(4-6-14)17(11-15-7-10-19(27)25-15)18-9-8-16(12-1-2-12)20(28)26-18/h3-6,8-9,11-12,15,19,25,27H,1-2,7,10H2,(H,26,28)/b17-11+/t15-,19?/m1/s1. The average molecular weight is 390 g/mol. The van der Waals surface area contributed by atoms with Crippen LogP contribution in [0.5, 0.6) is 0 Å². The van der Waals surface area contributed by atoms with E-state index in [1.807, 2.05) is 12.1 Å². The fraction of sp³-hybridized carbons (Fsp3) is 0.381. The smallest absolute Gasteiger partial charge is 0.379 e. The van der Waals surface area contributed by atoms with Crippen molar-refractivity contribution in [2.75, 3.05) is 0 Å². The molecule has 2 aromatic rings. The maximum absolute atomic E-state index is 12.9. The van der Waals surface area contributed by atoms with Gasteiger partial charge < -0.3 is 10.1 Å². The van der Waals surface area contributed by atoms with Crippen LogP contribution in [-0.2, 0) is 6.18 Å². The summed E-state index contributed by atoms with van der Waals surface area (Å²) in [6.07, 6.45) is 0.169. The van der Waals surface area contributed by atoms with Gasteiger partial charge >= 0.3 is 6.18 Å². The lowest BCUT2D eigenvalue weighted by atomic mass is 9.97. The van der Waals surface area contributed by atoms with E-state index < -0.39 is 18.0 Å². The van der Waals surface area contributed by atoms with Gasteiger partial charge in [-0.2, -0.15) is 13.2 Å². The number of alkyl halides is 3. The van der Waals surface area contributed by atoms with Gasteiger partial charge in [-0.3, -0.25) is 10.1 Å². The minimum Gasteiger partial charge on any atom is -0.379 e. The van der Waals surface area contributed by atoms with Crippen LogP contribution in [0.1, 0.15) is 54.0 Å². The number of nitrogens with one attached hydrogen (secondary N) is 2. The normalized spacial score (nSPS) is 23.2. The molecule has 4 rings (SSSR count). The molecular formula is C21H21F3N2O2. The third-order valence-corrected chi connectivity index (χ3v) is 5.30. The van der Waals surface area contributed by atoms with E-state index in [0.717, 1.165) is 30.5 Å². The summed E-state index contributed by atoms with van der Waals surface area (Å²) >= 11 is 0. The monoisotopic (exact) mass is 390 g/mol. The predicted molar refractivity (Wildman–Crippen MR) is 99.7 cm³/mol. The zero-order chi connectivity index (χ0) is 19.9. The molecule has 28 heavy (non-hydrogen) atoms. The third-order valence-electron chi connectivity index (χ3n) is 5.30. The summed E-state index contributed by atoms with van der Waals surface area (Å²) in [5, 5.41) is 12.7. The van der Waals surface area contributed by atoms with E-state index >= 15 is 0 Å². The fourth-order valence-corrected chi connectivity index (χ4v) is 3.62. The van der Waals surface area contributed by atoms with Gasteiger partial charge in [0.1, 0.15) is 6.23 Å². The van der Waals surface area contributed by atoms with Gasteiger partial charge in [-0.25, -0.2) is 0 Å². The van der Waals surface area contributed by atoms with E-state index in [2.05, 4.69) is 10.3 Å². The van der Waals surface area contributed by atoms with Gasteiger partial charge in [-0.15, -0.1) is 0 Å². The molecule has 2 atom stereocenters. The lowest BCUT2D eigenvalue weighted by Crippen LogP contribution is -2.27. The number of rotatable bonds is 4. The second-order valence-electron chi connectivity index (χ2n) is 7.45. The first-order valence-corrected chi connectivity index (χ1v) is 9.38. The zero-order valence-corrected chi connectivity index (χ0v) is 15.1. The third kappa shape index (κ3) is 4.05. The zero-order valence-electron chi connectivity index (χ0n) is 15.1. The van der Waals surface area contributed by atoms with Crippen LogP contribution < -0.4 is 10.9 Å². The number of aliphatic hydroxyl groups is 1. The van der Waals surface area contributed by atoms with Crippen LogP contribution >= 0.6 is 0 Å². The lowest BCUT2D eigenvalue weighted by molar-refractivity contribution is -0.137. The first-order valence-electron chi connectivity index (χ1n) is 9.38. The molecule has 1 saturated heterocycles. The van der Waals surface area contributed by atoms with Crippen molar-refractivity contribution in [1.29, 1.82) is 0 Å². The fourth-order valence-electron chi connectivity index (χ4n) is 3.62. The van der Waals surface area contributed by atoms with E-state index in [1.165, 1.54) is 12.1 Å². The molecule has 1 aromatic heterocycles. The van der Waals surface area contributed by atoms with E-state index in [-0.39, 0.29) is 11.6 Å². The molecule has 7 heteroatoms. The minimum absolute atomic E-state index is 0.126. The molecule has 0 spiro atoms. The molecular weight excluding hydrogens is 369 g/mol. The highest BCUT2D eigenvalue weighted by Crippen LogP contribution is 2.38. The summed E-state index contributed by atoms with van der Waals surface area (Å²) in [5.41, 5.74) is 1.65. The van der Waals surface area contributed by atoms with Crippen molar-refractivity contribution < 1.29 is 18.3 Å². The second-order valence-corrected chi connectivity index (χ2v) is 7.45. The number of pyridine rings is 1. The Hall–Kier alpha value is -2.38. The summed E-state index contributed by atoms with van der Waals surface area (Å²) < 4.78 is 38.7. The topological polar surface area (TPSA) is 65.1 Å². The summed E-state index contributed by atoms with van der Waals surface area (Å²) in [5.74, 6) is 0.308. The van der Waals surface area contributed by atoms with Gasteiger partial charge in [-0.05, 0) is 55.4 Å². The first-order chi connectivity index (χ1) is 13.3. The van der Waals surface area contributed by atoms with Gasteiger partial charge in [0.15, 0.2) is 0 Å². The Labute approximate surface area is 160 Å². The average Bonchev–Trinajstić information content (AvgIpc) is 3.40. The van der Waals surface area contributed by atoms with E-state index in [9.17, 15) is 23.1 Å². The molecule has 2 heterocycles. The van der Waals surface area contributed by atoms with Crippen molar-refractivity contribution in [3.63, 3.8) is 0 Å². The SMILES string of the molecule is O=c1[nH]c(/C(=C/[C@H]2CCC(O)N2)c2ccc(C(F)(F)F)cc2)ccc1C1CC1. The molecule has 0 bridgehead atoms. The Kier molecular flexibility index (Phi) is 4.89. The molecule has 148 valence electrons. The number of halogens is 3. The molecule has 3 N–H and O–H groups in total. The van der Waals surface area contributed by atoms with E-state index in [0.29, 0.717) is 35.6 Å². The quantitative estimate of drug-likeness (QED) is 0.745. The van der Waals surface area contributed by atoms with Gasteiger partial charge in [-0.1, -0.05) is 24.3 Å². The summed E-state index contributed by atoms with van der Waals surface area (Å²) in [6.45, 7) is 0. The van der Waals surface area contributed by atoms with Crippen LogP contribution in [0.2, 0.25) is 0 Å². The number of hydrogen-bond acceptors (Lipinski definition) is 3. The van der Waals surface area contributed by atoms with Crippen molar-refractivity contribution in [2.24, 2.45) is 0 Å². The van der Waals surface area contributed by atoms with Crippen LogP contribution in [0, 0.1) is 0 Å². The van der Waals surface area contributed by atoms with Crippen LogP contribution in [0.25, 0.3) is 5.57 Å².